The summed E-state index contributed by atoms with van der Waals surface area (Å²) < 4.78 is 4.09. The van der Waals surface area contributed by atoms with E-state index in [0.29, 0.717) is 12.6 Å². The molecule has 0 aliphatic carbocycles. The van der Waals surface area contributed by atoms with Crippen molar-refractivity contribution in [2.24, 2.45) is 0 Å². The molecule has 3 rings (SSSR count). The van der Waals surface area contributed by atoms with Crippen molar-refractivity contribution in [3.05, 3.63) is 54.0 Å². The third-order valence-electron chi connectivity index (χ3n) is 3.98. The standard InChI is InChI=1S/C17H19N3O/c1-3-13(2)20-10-8-16(18-20)11-19-9-7-14-5-4-6-15(12-21)17(14)19/h4-10,12-13H,3,11H2,1-2H3. The van der Waals surface area contributed by atoms with Gasteiger partial charge in [0, 0.05) is 29.4 Å². The lowest BCUT2D eigenvalue weighted by Gasteiger charge is -2.09. The number of aldehydes is 1. The molecule has 108 valence electrons. The molecule has 1 unspecified atom stereocenters. The molecule has 0 fully saturated rings. The maximum atomic E-state index is 11.2. The molecule has 0 saturated carbocycles. The molecule has 4 nitrogen and oxygen atoms in total. The fourth-order valence-corrected chi connectivity index (χ4v) is 2.59. The summed E-state index contributed by atoms with van der Waals surface area (Å²) in [6.07, 6.45) is 6.01. The Hall–Kier alpha value is -2.36. The van der Waals surface area contributed by atoms with Crippen molar-refractivity contribution in [3.8, 4) is 0 Å². The zero-order valence-electron chi connectivity index (χ0n) is 12.4. The highest BCUT2D eigenvalue weighted by Gasteiger charge is 2.09. The maximum Gasteiger partial charge on any atom is 0.152 e. The topological polar surface area (TPSA) is 39.8 Å². The molecular formula is C17H19N3O. The molecule has 0 saturated heterocycles. The van der Waals surface area contributed by atoms with Gasteiger partial charge in [0.1, 0.15) is 0 Å². The molecule has 2 heterocycles. The second kappa shape index (κ2) is 5.56. The van der Waals surface area contributed by atoms with E-state index in [0.717, 1.165) is 34.9 Å². The van der Waals surface area contributed by atoms with Crippen molar-refractivity contribution >= 4 is 17.2 Å². The predicted octanol–water partition coefficient (Wildman–Crippen LogP) is 3.67. The van der Waals surface area contributed by atoms with Crippen molar-refractivity contribution in [3.63, 3.8) is 0 Å². The van der Waals surface area contributed by atoms with Crippen LogP contribution < -0.4 is 0 Å². The molecule has 0 spiro atoms. The van der Waals surface area contributed by atoms with Crippen molar-refractivity contribution < 1.29 is 4.79 Å². The minimum absolute atomic E-state index is 0.408. The molecule has 0 radical (unpaired) electrons. The van der Waals surface area contributed by atoms with Crippen LogP contribution in [0.2, 0.25) is 0 Å². The van der Waals surface area contributed by atoms with Crippen LogP contribution in [0.1, 0.15) is 42.4 Å². The number of carbonyl (C=O) groups excluding carboxylic acids is 1. The Labute approximate surface area is 124 Å². The van der Waals surface area contributed by atoms with E-state index in [1.54, 1.807) is 0 Å². The Morgan fingerprint density at radius 3 is 2.86 bits per heavy atom. The third-order valence-corrected chi connectivity index (χ3v) is 3.98. The summed E-state index contributed by atoms with van der Waals surface area (Å²) in [6.45, 7) is 4.99. The van der Waals surface area contributed by atoms with Crippen LogP contribution in [-0.4, -0.2) is 20.6 Å². The van der Waals surface area contributed by atoms with Crippen LogP contribution in [-0.2, 0) is 6.54 Å². The summed E-state index contributed by atoms with van der Waals surface area (Å²) >= 11 is 0. The molecule has 0 aliphatic rings. The first-order valence-electron chi connectivity index (χ1n) is 7.30. The SMILES string of the molecule is CCC(C)n1ccc(Cn2ccc3cccc(C=O)c32)n1. The molecule has 0 N–H and O–H groups in total. The van der Waals surface area contributed by atoms with Crippen LogP contribution >= 0.6 is 0 Å². The van der Waals surface area contributed by atoms with Gasteiger partial charge in [0.05, 0.1) is 17.8 Å². The zero-order valence-corrected chi connectivity index (χ0v) is 12.4. The van der Waals surface area contributed by atoms with E-state index in [4.69, 9.17) is 0 Å². The first-order chi connectivity index (χ1) is 10.2. The van der Waals surface area contributed by atoms with Crippen molar-refractivity contribution in [1.82, 2.24) is 14.3 Å². The van der Waals surface area contributed by atoms with Crippen molar-refractivity contribution in [1.29, 1.82) is 0 Å². The highest BCUT2D eigenvalue weighted by atomic mass is 16.1. The van der Waals surface area contributed by atoms with Crippen LogP contribution in [0.15, 0.2) is 42.7 Å². The lowest BCUT2D eigenvalue weighted by molar-refractivity contribution is 0.112. The monoisotopic (exact) mass is 281 g/mol. The van der Waals surface area contributed by atoms with Crippen LogP contribution in [0.5, 0.6) is 0 Å². The lowest BCUT2D eigenvalue weighted by atomic mass is 10.1. The third kappa shape index (κ3) is 2.49. The summed E-state index contributed by atoms with van der Waals surface area (Å²) in [6, 6.07) is 10.3. The number of rotatable bonds is 5. The largest absolute Gasteiger partial charge is 0.341 e. The Balaban J connectivity index is 1.95. The molecule has 0 aliphatic heterocycles. The van der Waals surface area contributed by atoms with E-state index in [9.17, 15) is 4.79 Å². The molecule has 1 atom stereocenters. The smallest absolute Gasteiger partial charge is 0.152 e. The Morgan fingerprint density at radius 1 is 1.24 bits per heavy atom. The number of fused-ring (bicyclic) bond motifs is 1. The van der Waals surface area contributed by atoms with Gasteiger partial charge in [-0.05, 0) is 31.5 Å². The highest BCUT2D eigenvalue weighted by Crippen LogP contribution is 2.20. The average Bonchev–Trinajstić information content (AvgIpc) is 3.14. The van der Waals surface area contributed by atoms with Gasteiger partial charge < -0.3 is 4.57 Å². The molecule has 0 bridgehead atoms. The number of nitrogens with zero attached hydrogens (tertiary/aromatic N) is 3. The van der Waals surface area contributed by atoms with Gasteiger partial charge in [-0.25, -0.2) is 0 Å². The predicted molar refractivity (Wildman–Crippen MR) is 83.7 cm³/mol. The van der Waals surface area contributed by atoms with Crippen LogP contribution in [0, 0.1) is 0 Å². The first-order valence-corrected chi connectivity index (χ1v) is 7.30. The van der Waals surface area contributed by atoms with Gasteiger partial charge in [-0.15, -0.1) is 0 Å². The van der Waals surface area contributed by atoms with E-state index >= 15 is 0 Å². The summed E-state index contributed by atoms with van der Waals surface area (Å²) in [5, 5.41) is 5.71. The number of aromatic nitrogens is 3. The van der Waals surface area contributed by atoms with Gasteiger partial charge in [-0.3, -0.25) is 9.48 Å². The normalized spacial score (nSPS) is 12.7. The summed E-state index contributed by atoms with van der Waals surface area (Å²) in [4.78, 5) is 11.2. The van der Waals surface area contributed by atoms with Gasteiger partial charge in [0.15, 0.2) is 6.29 Å². The molecule has 1 aromatic carbocycles. The average molecular weight is 281 g/mol. The van der Waals surface area contributed by atoms with E-state index in [2.05, 4.69) is 23.5 Å². The number of hydrogen-bond acceptors (Lipinski definition) is 2. The molecular weight excluding hydrogens is 262 g/mol. The summed E-state index contributed by atoms with van der Waals surface area (Å²) in [7, 11) is 0. The maximum absolute atomic E-state index is 11.2. The fraction of sp³-hybridized carbons (Fsp3) is 0.294. The van der Waals surface area contributed by atoms with Crippen LogP contribution in [0.3, 0.4) is 0 Å². The minimum Gasteiger partial charge on any atom is -0.341 e. The Bertz CT molecular complexity index is 769. The van der Waals surface area contributed by atoms with Crippen LogP contribution in [0.4, 0.5) is 0 Å². The zero-order chi connectivity index (χ0) is 14.8. The lowest BCUT2D eigenvalue weighted by Crippen LogP contribution is -2.06. The van der Waals surface area contributed by atoms with Crippen molar-refractivity contribution in [2.45, 2.75) is 32.9 Å². The molecule has 2 aromatic heterocycles. The molecule has 21 heavy (non-hydrogen) atoms. The van der Waals surface area contributed by atoms with E-state index < -0.39 is 0 Å². The van der Waals surface area contributed by atoms with Gasteiger partial charge >= 0.3 is 0 Å². The van der Waals surface area contributed by atoms with Gasteiger partial charge in [0.2, 0.25) is 0 Å². The molecule has 3 aromatic rings. The second-order valence-electron chi connectivity index (χ2n) is 5.39. The quantitative estimate of drug-likeness (QED) is 0.669. The number of hydrogen-bond donors (Lipinski definition) is 0. The Kier molecular flexibility index (Phi) is 3.60. The summed E-state index contributed by atoms with van der Waals surface area (Å²) in [5.41, 5.74) is 2.71. The van der Waals surface area contributed by atoms with Gasteiger partial charge in [-0.1, -0.05) is 19.1 Å². The van der Waals surface area contributed by atoms with Crippen molar-refractivity contribution in [2.75, 3.05) is 0 Å². The number of carbonyl (C=O) groups is 1. The van der Waals surface area contributed by atoms with Crippen LogP contribution in [0.25, 0.3) is 10.9 Å². The van der Waals surface area contributed by atoms with Gasteiger partial charge in [-0.2, -0.15) is 5.10 Å². The molecule has 4 heteroatoms. The fourth-order valence-electron chi connectivity index (χ4n) is 2.59. The van der Waals surface area contributed by atoms with E-state index in [-0.39, 0.29) is 0 Å². The first kappa shape index (κ1) is 13.6. The second-order valence-corrected chi connectivity index (χ2v) is 5.39. The number of para-hydroxylation sites is 1. The number of benzene rings is 1. The van der Waals surface area contributed by atoms with Gasteiger partial charge in [0.25, 0.3) is 0 Å². The Morgan fingerprint density at radius 2 is 2.10 bits per heavy atom. The van der Waals surface area contributed by atoms with E-state index in [1.165, 1.54) is 0 Å². The highest BCUT2D eigenvalue weighted by molar-refractivity contribution is 5.96. The molecule has 0 amide bonds. The summed E-state index contributed by atoms with van der Waals surface area (Å²) in [5.74, 6) is 0. The minimum atomic E-state index is 0.408. The van der Waals surface area contributed by atoms with E-state index in [1.807, 2.05) is 47.4 Å².